The van der Waals surface area contributed by atoms with E-state index in [-0.39, 0.29) is 6.54 Å². The Kier molecular flexibility index (Phi) is 8.19. The Bertz CT molecular complexity index is 1700. The molecule has 1 N–H and O–H groups in total. The van der Waals surface area contributed by atoms with Gasteiger partial charge in [0, 0.05) is 36.3 Å². The van der Waals surface area contributed by atoms with E-state index in [1.165, 1.54) is 4.80 Å². The van der Waals surface area contributed by atoms with Crippen molar-refractivity contribution in [2.75, 3.05) is 5.32 Å². The number of benzene rings is 1. The van der Waals surface area contributed by atoms with E-state index in [1.807, 2.05) is 89.2 Å². The Labute approximate surface area is 244 Å². The van der Waals surface area contributed by atoms with Crippen LogP contribution in [0.15, 0.2) is 73.1 Å². The largest absolute Gasteiger partial charge is 0.459 e. The molecule has 11 nitrogen and oxygen atoms in total. The molecular weight excluding hydrogens is 532 g/mol. The van der Waals surface area contributed by atoms with Crippen LogP contribution in [0.5, 0.6) is 11.5 Å². The Balaban J connectivity index is 1.27. The number of hydrogen-bond acceptors (Lipinski definition) is 10. The summed E-state index contributed by atoms with van der Waals surface area (Å²) in [6.45, 7) is 9.31. The monoisotopic (exact) mass is 564 g/mol. The van der Waals surface area contributed by atoms with Crippen LogP contribution in [-0.4, -0.2) is 46.7 Å². The van der Waals surface area contributed by atoms with E-state index < -0.39 is 11.6 Å². The summed E-state index contributed by atoms with van der Waals surface area (Å²) in [5.41, 5.74) is 4.57. The number of nitrogens with one attached hydrogen (secondary N) is 1. The molecule has 0 saturated heterocycles. The summed E-state index contributed by atoms with van der Waals surface area (Å²) < 4.78 is 11.6. The first-order chi connectivity index (χ1) is 20.1. The molecule has 0 saturated carbocycles. The zero-order valence-corrected chi connectivity index (χ0v) is 24.2. The van der Waals surface area contributed by atoms with E-state index in [1.54, 1.807) is 18.5 Å². The van der Waals surface area contributed by atoms with Crippen LogP contribution in [0.25, 0.3) is 11.4 Å². The minimum atomic E-state index is -0.575. The van der Waals surface area contributed by atoms with Crippen LogP contribution in [0.2, 0.25) is 0 Å². The zero-order chi connectivity index (χ0) is 29.7. The fourth-order valence-corrected chi connectivity index (χ4v) is 4.11. The van der Waals surface area contributed by atoms with Crippen molar-refractivity contribution in [3.8, 4) is 22.9 Å². The normalized spacial score (nSPS) is 11.3. The highest BCUT2D eigenvalue weighted by molar-refractivity contribution is 5.69. The number of ether oxygens (including phenoxy) is 2. The van der Waals surface area contributed by atoms with Crippen LogP contribution in [0, 0.1) is 13.8 Å². The first kappa shape index (κ1) is 28.3. The maximum Gasteiger partial charge on any atom is 0.330 e. The third-order valence-corrected chi connectivity index (χ3v) is 6.04. The van der Waals surface area contributed by atoms with Crippen molar-refractivity contribution < 1.29 is 14.3 Å². The average molecular weight is 565 g/mol. The summed E-state index contributed by atoms with van der Waals surface area (Å²) in [5.74, 6) is 1.91. The smallest absolute Gasteiger partial charge is 0.330 e. The van der Waals surface area contributed by atoms with Gasteiger partial charge in [0.25, 0.3) is 0 Å². The second kappa shape index (κ2) is 12.1. The van der Waals surface area contributed by atoms with Crippen LogP contribution >= 0.6 is 0 Å². The number of carbonyl (C=O) groups is 1. The number of pyridine rings is 3. The number of tetrazole rings is 1. The molecule has 0 aliphatic heterocycles. The van der Waals surface area contributed by atoms with Crippen LogP contribution in [0.3, 0.4) is 0 Å². The fourth-order valence-electron chi connectivity index (χ4n) is 4.11. The lowest BCUT2D eigenvalue weighted by atomic mass is 10.1. The van der Waals surface area contributed by atoms with Crippen LogP contribution in [0.1, 0.15) is 43.4 Å². The molecule has 0 amide bonds. The van der Waals surface area contributed by atoms with Crippen molar-refractivity contribution >= 4 is 17.5 Å². The predicted octanol–water partition coefficient (Wildman–Crippen LogP) is 5.61. The van der Waals surface area contributed by atoms with E-state index in [4.69, 9.17) is 14.5 Å². The summed E-state index contributed by atoms with van der Waals surface area (Å²) >= 11 is 0. The van der Waals surface area contributed by atoms with E-state index in [0.29, 0.717) is 35.3 Å². The van der Waals surface area contributed by atoms with Gasteiger partial charge < -0.3 is 14.8 Å². The van der Waals surface area contributed by atoms with Gasteiger partial charge in [-0.05, 0) is 87.4 Å². The number of carbonyl (C=O) groups excluding carboxylic acids is 1. The number of aryl methyl sites for hydroxylation is 2. The summed E-state index contributed by atoms with van der Waals surface area (Å²) in [6, 6.07) is 19.1. The standard InChI is InChI=1S/C31H32N8O3/c1-20-15-26(30(34-21(20)2)25-11-6-7-13-32-25)41-24-12-14-33-27(18-24)35-23-10-8-9-22(16-23)17-28-36-38-39(37-28)19-29(40)42-31(3,4)5/h6-16,18H,17,19H2,1-5H3,(H,33,35). The number of esters is 1. The van der Waals surface area contributed by atoms with Gasteiger partial charge in [-0.3, -0.25) is 4.98 Å². The molecule has 11 heteroatoms. The molecule has 5 aromatic rings. The fraction of sp³-hybridized carbons (Fsp3) is 0.258. The van der Waals surface area contributed by atoms with Crippen LogP contribution in [-0.2, 0) is 22.5 Å². The van der Waals surface area contributed by atoms with E-state index in [9.17, 15) is 4.79 Å². The highest BCUT2D eigenvalue weighted by atomic mass is 16.6. The van der Waals surface area contributed by atoms with Gasteiger partial charge in [-0.15, -0.1) is 10.2 Å². The van der Waals surface area contributed by atoms with Crippen molar-refractivity contribution in [3.05, 3.63) is 95.7 Å². The lowest BCUT2D eigenvalue weighted by Crippen LogP contribution is -2.27. The molecule has 0 aliphatic carbocycles. The predicted molar refractivity (Wildman–Crippen MR) is 157 cm³/mol. The van der Waals surface area contributed by atoms with Crippen molar-refractivity contribution in [3.63, 3.8) is 0 Å². The van der Waals surface area contributed by atoms with Gasteiger partial charge in [0.15, 0.2) is 18.1 Å². The molecule has 4 heterocycles. The quantitative estimate of drug-likeness (QED) is 0.225. The summed E-state index contributed by atoms with van der Waals surface area (Å²) in [7, 11) is 0. The third-order valence-electron chi connectivity index (χ3n) is 6.04. The molecule has 5 rings (SSSR count). The van der Waals surface area contributed by atoms with Crippen molar-refractivity contribution in [2.45, 2.75) is 53.2 Å². The Morgan fingerprint density at radius 3 is 2.62 bits per heavy atom. The Morgan fingerprint density at radius 1 is 0.976 bits per heavy atom. The molecule has 0 bridgehead atoms. The Morgan fingerprint density at radius 2 is 1.83 bits per heavy atom. The van der Waals surface area contributed by atoms with Gasteiger partial charge in [-0.1, -0.05) is 18.2 Å². The van der Waals surface area contributed by atoms with Gasteiger partial charge in [0.1, 0.15) is 22.9 Å². The van der Waals surface area contributed by atoms with Crippen LogP contribution < -0.4 is 10.1 Å². The molecule has 0 aliphatic rings. The zero-order valence-electron chi connectivity index (χ0n) is 24.2. The lowest BCUT2D eigenvalue weighted by molar-refractivity contribution is -0.156. The summed E-state index contributed by atoms with van der Waals surface area (Å²) in [6.07, 6.45) is 3.86. The second-order valence-corrected chi connectivity index (χ2v) is 10.8. The SMILES string of the molecule is Cc1cc(Oc2ccnc(Nc3cccc(Cc4nnn(CC(=O)OC(C)(C)C)n4)c3)c2)c(-c2ccccn2)nc1C. The molecule has 4 aromatic heterocycles. The lowest BCUT2D eigenvalue weighted by Gasteiger charge is -2.18. The van der Waals surface area contributed by atoms with Crippen molar-refractivity contribution in [1.29, 1.82) is 0 Å². The highest BCUT2D eigenvalue weighted by Gasteiger charge is 2.18. The number of rotatable bonds is 9. The van der Waals surface area contributed by atoms with Gasteiger partial charge in [-0.2, -0.15) is 4.80 Å². The number of nitrogens with zero attached hydrogens (tertiary/aromatic N) is 7. The van der Waals surface area contributed by atoms with Crippen LogP contribution in [0.4, 0.5) is 11.5 Å². The number of aromatic nitrogens is 7. The first-order valence-corrected chi connectivity index (χ1v) is 13.5. The molecular formula is C31H32N8O3. The topological polar surface area (TPSA) is 130 Å². The third kappa shape index (κ3) is 7.51. The van der Waals surface area contributed by atoms with Crippen molar-refractivity contribution in [2.24, 2.45) is 0 Å². The molecule has 214 valence electrons. The molecule has 0 atom stereocenters. The van der Waals surface area contributed by atoms with Gasteiger partial charge in [0.05, 0.1) is 5.69 Å². The molecule has 42 heavy (non-hydrogen) atoms. The summed E-state index contributed by atoms with van der Waals surface area (Å²) in [4.78, 5) is 27.0. The number of anilines is 2. The average Bonchev–Trinajstić information content (AvgIpc) is 3.36. The molecule has 0 fully saturated rings. The summed E-state index contributed by atoms with van der Waals surface area (Å²) in [5, 5.41) is 15.7. The van der Waals surface area contributed by atoms with E-state index >= 15 is 0 Å². The first-order valence-electron chi connectivity index (χ1n) is 13.5. The van der Waals surface area contributed by atoms with E-state index in [0.717, 1.165) is 28.2 Å². The minimum Gasteiger partial charge on any atom is -0.459 e. The van der Waals surface area contributed by atoms with Gasteiger partial charge in [-0.25, -0.2) is 14.8 Å². The van der Waals surface area contributed by atoms with Gasteiger partial charge in [0.2, 0.25) is 0 Å². The molecule has 0 radical (unpaired) electrons. The maximum atomic E-state index is 12.1. The van der Waals surface area contributed by atoms with Gasteiger partial charge >= 0.3 is 5.97 Å². The minimum absolute atomic E-state index is 0.0997. The van der Waals surface area contributed by atoms with E-state index in [2.05, 4.69) is 30.7 Å². The maximum absolute atomic E-state index is 12.1. The number of hydrogen-bond donors (Lipinski definition) is 1. The molecule has 0 unspecified atom stereocenters. The molecule has 1 aromatic carbocycles. The highest BCUT2D eigenvalue weighted by Crippen LogP contribution is 2.33. The Hall–Kier alpha value is -5.19. The second-order valence-electron chi connectivity index (χ2n) is 10.8. The molecule has 0 spiro atoms. The van der Waals surface area contributed by atoms with Crippen molar-refractivity contribution in [1.82, 2.24) is 35.2 Å².